The molecule has 4 aromatic carbocycles. The van der Waals surface area contributed by atoms with Crippen LogP contribution in [0.1, 0.15) is 0 Å². The van der Waals surface area contributed by atoms with E-state index in [4.69, 9.17) is 0 Å². The summed E-state index contributed by atoms with van der Waals surface area (Å²) in [5.41, 5.74) is 7.47. The van der Waals surface area contributed by atoms with E-state index >= 15 is 0 Å². The van der Waals surface area contributed by atoms with Crippen molar-refractivity contribution in [2.24, 2.45) is 0 Å². The van der Waals surface area contributed by atoms with Crippen LogP contribution in [0.3, 0.4) is 0 Å². The smallest absolute Gasteiger partial charge is 0.0361 e. The van der Waals surface area contributed by atoms with Gasteiger partial charge in [-0.2, -0.15) is 0 Å². The van der Waals surface area contributed by atoms with E-state index in [1.165, 1.54) is 44.4 Å². The van der Waals surface area contributed by atoms with Crippen molar-refractivity contribution >= 4 is 22.1 Å². The highest BCUT2D eigenvalue weighted by atomic mass is 15.1. The second-order valence-corrected chi connectivity index (χ2v) is 7.59. The first kappa shape index (κ1) is 18.1. The van der Waals surface area contributed by atoms with Gasteiger partial charge in [0, 0.05) is 39.6 Å². The monoisotopic (exact) mass is 366 g/mol. The number of benzene rings is 4. The van der Waals surface area contributed by atoms with Crippen LogP contribution in [0.2, 0.25) is 0 Å². The summed E-state index contributed by atoms with van der Waals surface area (Å²) in [6.45, 7) is 0. The molecule has 0 fully saturated rings. The molecule has 0 atom stereocenters. The van der Waals surface area contributed by atoms with Crippen LogP contribution in [0.5, 0.6) is 0 Å². The van der Waals surface area contributed by atoms with E-state index in [0.717, 1.165) is 0 Å². The maximum Gasteiger partial charge on any atom is 0.0361 e. The Morgan fingerprint density at radius 2 is 0.786 bits per heavy atom. The van der Waals surface area contributed by atoms with Crippen LogP contribution in [0.15, 0.2) is 84.9 Å². The number of rotatable bonds is 4. The zero-order valence-electron chi connectivity index (χ0n) is 17.0. The average Bonchev–Trinajstić information content (AvgIpc) is 2.73. The molecule has 4 aromatic rings. The molecule has 0 saturated carbocycles. The van der Waals surface area contributed by atoms with Gasteiger partial charge in [-0.3, -0.25) is 0 Å². The molecular formula is C26H26N2. The molecule has 0 radical (unpaired) electrons. The number of nitrogens with zero attached hydrogens (tertiary/aromatic N) is 2. The molecule has 0 unspecified atom stereocenters. The highest BCUT2D eigenvalue weighted by Crippen LogP contribution is 2.35. The molecule has 0 aromatic heterocycles. The molecule has 0 bridgehead atoms. The molecule has 4 rings (SSSR count). The Labute approximate surface area is 167 Å². The molecule has 0 amide bonds. The lowest BCUT2D eigenvalue weighted by Gasteiger charge is -2.15. The highest BCUT2D eigenvalue weighted by Gasteiger charge is 2.09. The van der Waals surface area contributed by atoms with Crippen LogP contribution in [-0.2, 0) is 0 Å². The van der Waals surface area contributed by atoms with Crippen LogP contribution in [-0.4, -0.2) is 28.2 Å². The van der Waals surface area contributed by atoms with Crippen LogP contribution >= 0.6 is 0 Å². The Morgan fingerprint density at radius 1 is 0.429 bits per heavy atom. The topological polar surface area (TPSA) is 6.48 Å². The Kier molecular flexibility index (Phi) is 4.79. The molecule has 0 spiro atoms. The minimum Gasteiger partial charge on any atom is -0.378 e. The summed E-state index contributed by atoms with van der Waals surface area (Å²) in [5.74, 6) is 0. The third-order valence-corrected chi connectivity index (χ3v) is 5.31. The minimum atomic E-state index is 1.21. The second-order valence-electron chi connectivity index (χ2n) is 7.59. The fourth-order valence-corrected chi connectivity index (χ4v) is 3.69. The lowest BCUT2D eigenvalue weighted by atomic mass is 9.93. The van der Waals surface area contributed by atoms with E-state index in [2.05, 4.69) is 123 Å². The maximum absolute atomic E-state index is 2.22. The molecule has 28 heavy (non-hydrogen) atoms. The van der Waals surface area contributed by atoms with Crippen molar-refractivity contribution in [2.45, 2.75) is 0 Å². The van der Waals surface area contributed by atoms with E-state index in [-0.39, 0.29) is 0 Å². The van der Waals surface area contributed by atoms with Crippen LogP contribution in [0.4, 0.5) is 11.4 Å². The third-order valence-electron chi connectivity index (χ3n) is 5.31. The van der Waals surface area contributed by atoms with E-state index in [9.17, 15) is 0 Å². The first-order chi connectivity index (χ1) is 13.5. The molecule has 2 nitrogen and oxygen atoms in total. The van der Waals surface area contributed by atoms with Gasteiger partial charge < -0.3 is 9.80 Å². The quantitative estimate of drug-likeness (QED) is 0.418. The molecular weight excluding hydrogens is 340 g/mol. The normalized spacial score (nSPS) is 10.9. The lowest BCUT2D eigenvalue weighted by molar-refractivity contribution is 1.13. The van der Waals surface area contributed by atoms with Gasteiger partial charge in [0.05, 0.1) is 0 Å². The summed E-state index contributed by atoms with van der Waals surface area (Å²) in [4.78, 5) is 4.25. The van der Waals surface area contributed by atoms with Crippen molar-refractivity contribution in [3.8, 4) is 22.3 Å². The fraction of sp³-hybridized carbons (Fsp3) is 0.154. The molecule has 0 heterocycles. The molecule has 0 saturated heterocycles. The van der Waals surface area contributed by atoms with Gasteiger partial charge in [-0.25, -0.2) is 0 Å². The lowest BCUT2D eigenvalue weighted by Crippen LogP contribution is -2.07. The Morgan fingerprint density at radius 3 is 1.11 bits per heavy atom. The predicted octanol–water partition coefficient (Wildman–Crippen LogP) is 6.31. The molecule has 0 N–H and O–H groups in total. The van der Waals surface area contributed by atoms with Gasteiger partial charge in [0.1, 0.15) is 0 Å². The van der Waals surface area contributed by atoms with Gasteiger partial charge >= 0.3 is 0 Å². The van der Waals surface area contributed by atoms with Crippen LogP contribution in [0.25, 0.3) is 33.0 Å². The van der Waals surface area contributed by atoms with Gasteiger partial charge in [-0.05, 0) is 57.3 Å². The van der Waals surface area contributed by atoms with Crippen molar-refractivity contribution < 1.29 is 0 Å². The largest absolute Gasteiger partial charge is 0.378 e. The molecule has 0 aliphatic carbocycles. The molecule has 140 valence electrons. The molecule has 0 aliphatic rings. The average molecular weight is 367 g/mol. The van der Waals surface area contributed by atoms with Crippen molar-refractivity contribution in [3.05, 3.63) is 84.9 Å². The first-order valence-electron chi connectivity index (χ1n) is 9.62. The minimum absolute atomic E-state index is 1.21. The summed E-state index contributed by atoms with van der Waals surface area (Å²) in [6.07, 6.45) is 0. The van der Waals surface area contributed by atoms with Gasteiger partial charge in [-0.15, -0.1) is 0 Å². The van der Waals surface area contributed by atoms with E-state index in [0.29, 0.717) is 0 Å². The molecule has 0 aliphatic heterocycles. The summed E-state index contributed by atoms with van der Waals surface area (Å²) >= 11 is 0. The Hall–Kier alpha value is -3.26. The van der Waals surface area contributed by atoms with Crippen LogP contribution < -0.4 is 9.80 Å². The van der Waals surface area contributed by atoms with Gasteiger partial charge in [0.15, 0.2) is 0 Å². The number of anilines is 2. The predicted molar refractivity (Wildman–Crippen MR) is 123 cm³/mol. The zero-order valence-corrected chi connectivity index (χ0v) is 17.0. The summed E-state index contributed by atoms with van der Waals surface area (Å²) < 4.78 is 0. The van der Waals surface area contributed by atoms with Crippen molar-refractivity contribution in [1.82, 2.24) is 0 Å². The van der Waals surface area contributed by atoms with Crippen molar-refractivity contribution in [1.29, 1.82) is 0 Å². The van der Waals surface area contributed by atoms with E-state index < -0.39 is 0 Å². The van der Waals surface area contributed by atoms with E-state index in [1.807, 2.05) is 0 Å². The van der Waals surface area contributed by atoms with Crippen LogP contribution in [0, 0.1) is 0 Å². The first-order valence-corrected chi connectivity index (χ1v) is 9.62. The number of fused-ring (bicyclic) bond motifs is 1. The Balaban J connectivity index is 1.82. The van der Waals surface area contributed by atoms with Gasteiger partial charge in [0.2, 0.25) is 0 Å². The number of hydrogen-bond donors (Lipinski definition) is 0. The van der Waals surface area contributed by atoms with Gasteiger partial charge in [-0.1, -0.05) is 60.7 Å². The summed E-state index contributed by atoms with van der Waals surface area (Å²) in [7, 11) is 8.28. The Bertz CT molecular complexity index is 1000. The van der Waals surface area contributed by atoms with Gasteiger partial charge in [0.25, 0.3) is 0 Å². The maximum atomic E-state index is 2.22. The summed E-state index contributed by atoms with van der Waals surface area (Å²) in [6, 6.07) is 30.8. The highest BCUT2D eigenvalue weighted by molar-refractivity contribution is 6.04. The fourth-order valence-electron chi connectivity index (χ4n) is 3.69. The standard InChI is InChI=1S/C26H26N2/c1-27(2)21-15-11-19(12-16-21)23-7-5-10-26-24(8-6-9-25(23)26)20-13-17-22(18-14-20)28(3)4/h5-18H,1-4H3. The SMILES string of the molecule is CN(C)c1ccc(-c2cccc3c(-c4ccc(N(C)C)cc4)cccc23)cc1. The zero-order chi connectivity index (χ0) is 19.7. The summed E-state index contributed by atoms with van der Waals surface area (Å²) in [5, 5.41) is 2.57. The van der Waals surface area contributed by atoms with Crippen molar-refractivity contribution in [2.75, 3.05) is 38.0 Å². The third kappa shape index (κ3) is 3.34. The van der Waals surface area contributed by atoms with Crippen molar-refractivity contribution in [3.63, 3.8) is 0 Å². The van der Waals surface area contributed by atoms with E-state index in [1.54, 1.807) is 0 Å². The second kappa shape index (κ2) is 7.40. The molecule has 2 heteroatoms. The number of hydrogen-bond acceptors (Lipinski definition) is 2.